The van der Waals surface area contributed by atoms with Crippen LogP contribution in [-0.4, -0.2) is 25.3 Å². The predicted molar refractivity (Wildman–Crippen MR) is 111 cm³/mol. The lowest BCUT2D eigenvalue weighted by atomic mass is 10.1. The molecular weight excluding hydrogens is 350 g/mol. The molecule has 1 fully saturated rings. The van der Waals surface area contributed by atoms with Crippen LogP contribution >= 0.6 is 0 Å². The first-order valence-electron chi connectivity index (χ1n) is 9.35. The molecule has 1 aliphatic rings. The third-order valence-electron chi connectivity index (χ3n) is 5.09. The quantitative estimate of drug-likeness (QED) is 0.484. The standard InChI is InChI=1S/C24H19NO3/c26-24-25(20-13-12-17-6-1-2-8-19(17)14-20)15-21(28-24)16-27-23-11-5-9-18-7-3-4-10-22(18)23/h1-14,21H,15-16H2. The number of anilines is 1. The Labute approximate surface area is 162 Å². The number of hydrogen-bond donors (Lipinski definition) is 0. The van der Waals surface area contributed by atoms with Crippen molar-refractivity contribution >= 4 is 33.3 Å². The zero-order valence-corrected chi connectivity index (χ0v) is 15.2. The molecule has 1 unspecified atom stereocenters. The predicted octanol–water partition coefficient (Wildman–Crippen LogP) is 5.40. The Hall–Kier alpha value is -3.53. The van der Waals surface area contributed by atoms with Crippen molar-refractivity contribution in [1.29, 1.82) is 0 Å². The van der Waals surface area contributed by atoms with Crippen molar-refractivity contribution in [2.75, 3.05) is 18.1 Å². The molecule has 1 aliphatic heterocycles. The summed E-state index contributed by atoms with van der Waals surface area (Å²) in [5.74, 6) is 0.804. The maximum Gasteiger partial charge on any atom is 0.414 e. The average Bonchev–Trinajstić information content (AvgIpc) is 3.12. The van der Waals surface area contributed by atoms with E-state index in [0.29, 0.717) is 13.2 Å². The molecule has 0 aromatic heterocycles. The molecule has 0 spiro atoms. The van der Waals surface area contributed by atoms with Gasteiger partial charge in [-0.25, -0.2) is 4.79 Å². The number of cyclic esters (lactones) is 1. The maximum absolute atomic E-state index is 12.4. The molecule has 0 radical (unpaired) electrons. The zero-order chi connectivity index (χ0) is 18.9. The SMILES string of the molecule is O=C1OC(COc2cccc3ccccc23)CN1c1ccc2ccccc2c1. The third-order valence-corrected chi connectivity index (χ3v) is 5.09. The van der Waals surface area contributed by atoms with Gasteiger partial charge in [-0.2, -0.15) is 0 Å². The summed E-state index contributed by atoms with van der Waals surface area (Å²) in [6, 6.07) is 28.2. The number of carbonyl (C=O) groups is 1. The van der Waals surface area contributed by atoms with Gasteiger partial charge in [0, 0.05) is 11.1 Å². The molecule has 4 aromatic carbocycles. The number of amides is 1. The monoisotopic (exact) mass is 369 g/mol. The average molecular weight is 369 g/mol. The second-order valence-electron chi connectivity index (χ2n) is 6.94. The highest BCUT2D eigenvalue weighted by molar-refractivity contribution is 5.94. The van der Waals surface area contributed by atoms with Crippen LogP contribution in [0.3, 0.4) is 0 Å². The number of carbonyl (C=O) groups excluding carboxylic acids is 1. The van der Waals surface area contributed by atoms with Crippen LogP contribution in [0.4, 0.5) is 10.5 Å². The van der Waals surface area contributed by atoms with Gasteiger partial charge >= 0.3 is 6.09 Å². The minimum absolute atomic E-state index is 0.307. The van der Waals surface area contributed by atoms with Crippen LogP contribution in [0.5, 0.6) is 5.75 Å². The molecule has 4 aromatic rings. The lowest BCUT2D eigenvalue weighted by molar-refractivity contribution is 0.105. The minimum atomic E-state index is -0.332. The zero-order valence-electron chi connectivity index (χ0n) is 15.2. The highest BCUT2D eigenvalue weighted by Crippen LogP contribution is 2.28. The van der Waals surface area contributed by atoms with Gasteiger partial charge in [-0.1, -0.05) is 66.7 Å². The fourth-order valence-corrected chi connectivity index (χ4v) is 3.67. The van der Waals surface area contributed by atoms with Crippen molar-refractivity contribution in [2.24, 2.45) is 0 Å². The molecular formula is C24H19NO3. The minimum Gasteiger partial charge on any atom is -0.489 e. The van der Waals surface area contributed by atoms with Crippen molar-refractivity contribution in [2.45, 2.75) is 6.10 Å². The van der Waals surface area contributed by atoms with Gasteiger partial charge in [-0.3, -0.25) is 4.90 Å². The van der Waals surface area contributed by atoms with Crippen LogP contribution in [0.15, 0.2) is 84.9 Å². The summed E-state index contributed by atoms with van der Waals surface area (Å²) in [6.07, 6.45) is -0.639. The van der Waals surface area contributed by atoms with E-state index < -0.39 is 0 Å². The number of benzene rings is 4. The van der Waals surface area contributed by atoms with Crippen LogP contribution in [0.2, 0.25) is 0 Å². The van der Waals surface area contributed by atoms with Gasteiger partial charge in [0.1, 0.15) is 12.4 Å². The van der Waals surface area contributed by atoms with E-state index >= 15 is 0 Å². The largest absolute Gasteiger partial charge is 0.489 e. The van der Waals surface area contributed by atoms with Crippen molar-refractivity contribution in [1.82, 2.24) is 0 Å². The van der Waals surface area contributed by atoms with Crippen LogP contribution in [0.25, 0.3) is 21.5 Å². The summed E-state index contributed by atoms with van der Waals surface area (Å²) >= 11 is 0. The fourth-order valence-electron chi connectivity index (χ4n) is 3.67. The molecule has 1 saturated heterocycles. The first-order chi connectivity index (χ1) is 13.8. The first-order valence-corrected chi connectivity index (χ1v) is 9.35. The molecule has 4 nitrogen and oxygen atoms in total. The molecule has 1 amide bonds. The summed E-state index contributed by atoms with van der Waals surface area (Å²) in [7, 11) is 0. The molecule has 5 rings (SSSR count). The van der Waals surface area contributed by atoms with E-state index in [1.807, 2.05) is 66.7 Å². The Bertz CT molecular complexity index is 1170. The summed E-state index contributed by atoms with van der Waals surface area (Å²) in [5.41, 5.74) is 0.844. The summed E-state index contributed by atoms with van der Waals surface area (Å²) in [6.45, 7) is 0.797. The van der Waals surface area contributed by atoms with Crippen LogP contribution < -0.4 is 9.64 Å². The Morgan fingerprint density at radius 1 is 0.857 bits per heavy atom. The third kappa shape index (κ3) is 3.03. The first kappa shape index (κ1) is 16.6. The Balaban J connectivity index is 1.32. The van der Waals surface area contributed by atoms with Gasteiger partial charge in [0.15, 0.2) is 6.10 Å². The number of fused-ring (bicyclic) bond motifs is 2. The second kappa shape index (κ2) is 6.89. The molecule has 28 heavy (non-hydrogen) atoms. The van der Waals surface area contributed by atoms with E-state index in [4.69, 9.17) is 9.47 Å². The number of nitrogens with zero attached hydrogens (tertiary/aromatic N) is 1. The van der Waals surface area contributed by atoms with E-state index in [9.17, 15) is 4.79 Å². The van der Waals surface area contributed by atoms with E-state index in [2.05, 4.69) is 18.2 Å². The van der Waals surface area contributed by atoms with Crippen molar-refractivity contribution in [3.8, 4) is 5.75 Å². The van der Waals surface area contributed by atoms with E-state index in [0.717, 1.165) is 33.0 Å². The highest BCUT2D eigenvalue weighted by atomic mass is 16.6. The van der Waals surface area contributed by atoms with Crippen molar-refractivity contribution < 1.29 is 14.3 Å². The molecule has 1 heterocycles. The van der Waals surface area contributed by atoms with Crippen LogP contribution in [0, 0.1) is 0 Å². The molecule has 1 atom stereocenters. The van der Waals surface area contributed by atoms with Gasteiger partial charge in [-0.15, -0.1) is 0 Å². The summed E-state index contributed by atoms with van der Waals surface area (Å²) in [5, 5.41) is 4.43. The highest BCUT2D eigenvalue weighted by Gasteiger charge is 2.33. The summed E-state index contributed by atoms with van der Waals surface area (Å²) < 4.78 is 11.5. The molecule has 0 N–H and O–H groups in total. The summed E-state index contributed by atoms with van der Waals surface area (Å²) in [4.78, 5) is 14.1. The fraction of sp³-hybridized carbons (Fsp3) is 0.125. The van der Waals surface area contributed by atoms with Crippen LogP contribution in [-0.2, 0) is 4.74 Å². The molecule has 0 aliphatic carbocycles. The normalized spacial score (nSPS) is 16.5. The van der Waals surface area contributed by atoms with E-state index in [1.54, 1.807) is 4.90 Å². The Morgan fingerprint density at radius 2 is 1.61 bits per heavy atom. The van der Waals surface area contributed by atoms with E-state index in [-0.39, 0.29) is 12.2 Å². The lowest BCUT2D eigenvalue weighted by Gasteiger charge is -2.14. The smallest absolute Gasteiger partial charge is 0.414 e. The molecule has 4 heteroatoms. The molecule has 138 valence electrons. The second-order valence-corrected chi connectivity index (χ2v) is 6.94. The van der Waals surface area contributed by atoms with Crippen LogP contribution in [0.1, 0.15) is 0 Å². The van der Waals surface area contributed by atoms with Crippen molar-refractivity contribution in [3.05, 3.63) is 84.9 Å². The van der Waals surface area contributed by atoms with Gasteiger partial charge in [0.05, 0.1) is 6.54 Å². The van der Waals surface area contributed by atoms with E-state index in [1.165, 1.54) is 0 Å². The van der Waals surface area contributed by atoms with Gasteiger partial charge in [-0.05, 0) is 34.4 Å². The number of rotatable bonds is 4. The van der Waals surface area contributed by atoms with Gasteiger partial charge in [0.2, 0.25) is 0 Å². The Morgan fingerprint density at radius 3 is 2.50 bits per heavy atom. The number of hydrogen-bond acceptors (Lipinski definition) is 3. The molecule has 0 bridgehead atoms. The molecule has 0 saturated carbocycles. The topological polar surface area (TPSA) is 38.8 Å². The number of ether oxygens (including phenoxy) is 2. The van der Waals surface area contributed by atoms with Gasteiger partial charge < -0.3 is 9.47 Å². The maximum atomic E-state index is 12.4. The Kier molecular flexibility index (Phi) is 4.09. The van der Waals surface area contributed by atoms with Gasteiger partial charge in [0.25, 0.3) is 0 Å². The van der Waals surface area contributed by atoms with Crippen molar-refractivity contribution in [3.63, 3.8) is 0 Å². The lowest BCUT2D eigenvalue weighted by Crippen LogP contribution is -2.26.